The number of esters is 1. The number of rotatable bonds is 41. The van der Waals surface area contributed by atoms with Gasteiger partial charge in [-0.2, -0.15) is 0 Å². The summed E-state index contributed by atoms with van der Waals surface area (Å²) < 4.78 is 37.0. The second-order valence-corrected chi connectivity index (χ2v) is 27.4. The SMILES string of the molecule is CC[C@H]1O[C@@](C)(CCCCCCC[C@H](NC(=O)OCc2ccccc2)C(=O)N[C@@H](C)C(=O)C[C@@H](C)C(=O)OCc2ccccc2)[C@H](OCc2ccccc2)[C@@H](OCc2ccccc2)[C@H]1C.C[C@H](CC(=O)[C@H](C)NC(=O)[C@@H]([NH3+])CCCCCCC[C@]1(C)O[C@H](CO)[C@H](O)[C@H](O)[C@H]1O)C(=O)O.[Cl-].[Cl-]. The molecule has 2 heterocycles. The van der Waals surface area contributed by atoms with Crippen LogP contribution in [-0.4, -0.2) is 152 Å². The summed E-state index contributed by atoms with van der Waals surface area (Å²) in [6.07, 6.45) is 5.03. The van der Waals surface area contributed by atoms with Gasteiger partial charge in [-0.25, -0.2) is 4.79 Å². The van der Waals surface area contributed by atoms with Crippen LogP contribution in [0.25, 0.3) is 0 Å². The van der Waals surface area contributed by atoms with Gasteiger partial charge in [0, 0.05) is 25.2 Å². The Kier molecular flexibility index (Phi) is 40.7. The number of carbonyl (C=O) groups excluding carboxylic acids is 6. The summed E-state index contributed by atoms with van der Waals surface area (Å²) in [5.74, 6) is -4.38. The maximum Gasteiger partial charge on any atom is 0.408 e. The lowest BCUT2D eigenvalue weighted by Gasteiger charge is -2.51. The Bertz CT molecular complexity index is 3050. The van der Waals surface area contributed by atoms with Crippen molar-refractivity contribution in [3.8, 4) is 0 Å². The van der Waals surface area contributed by atoms with E-state index >= 15 is 0 Å². The molecule has 2 fully saturated rings. The van der Waals surface area contributed by atoms with Crippen molar-refractivity contribution in [3.63, 3.8) is 0 Å². The molecule has 24 heteroatoms. The summed E-state index contributed by atoms with van der Waals surface area (Å²) >= 11 is 0. The second-order valence-electron chi connectivity index (χ2n) is 27.4. The highest BCUT2D eigenvalue weighted by atomic mass is 35.5. The van der Waals surface area contributed by atoms with Crippen LogP contribution >= 0.6 is 0 Å². The Hall–Kier alpha value is -6.41. The standard InChI is InChI=1S/C54H70N2O9.C23H42N2O9.2ClH/c1-6-48-40(3)49(61-35-42-24-14-10-15-25-42)50(62-36-43-26-16-11-17-27-43)54(5,65-48)33-23-9-7-8-22-32-46(56-53(60)64-38-45-30-20-13-21-31-45)51(58)55-41(4)47(57)34-39(2)52(59)63-37-44-28-18-12-19-29-44;1-13(22(32)33)11-16(27)14(2)25-21(31)15(24)9-7-5-4-6-8-10-23(3)20(30)19(29)18(28)17(12-26)34-23;;/h10-21,24-31,39-41,46,48-50H,6-9,22-23,32-38H2,1-5H3,(H,55,58)(H,56,60);13-15,17-20,26,28-30H,4-12,24H2,1-3H3,(H,25,31)(H,32,33);2*1H/p-1/t39-,40+,41+,46+,48-,49+,50-,54+;13-,14+,15+,17-,18+,19+,20-,23+;;/m11../s1. The zero-order chi connectivity index (χ0) is 72.5. The number of hydrogen-bond acceptors (Lipinski definition) is 17. The molecule has 22 nitrogen and oxygen atoms in total. The van der Waals surface area contributed by atoms with Crippen LogP contribution in [0.1, 0.15) is 187 Å². The Balaban J connectivity index is 0.000000624. The van der Waals surface area contributed by atoms with Gasteiger partial charge in [0.05, 0.1) is 67.2 Å². The van der Waals surface area contributed by atoms with Crippen molar-refractivity contribution in [2.75, 3.05) is 6.61 Å². The number of benzene rings is 4. The van der Waals surface area contributed by atoms with E-state index in [9.17, 15) is 54.0 Å². The number of aliphatic hydroxyl groups is 4. The molecule has 101 heavy (non-hydrogen) atoms. The van der Waals surface area contributed by atoms with Gasteiger partial charge >= 0.3 is 18.0 Å². The predicted octanol–water partition coefficient (Wildman–Crippen LogP) is 2.98. The average Bonchev–Trinajstić information content (AvgIpc) is 0.775. The van der Waals surface area contributed by atoms with E-state index < -0.39 is 102 Å². The van der Waals surface area contributed by atoms with Gasteiger partial charge in [-0.3, -0.25) is 28.8 Å². The highest BCUT2D eigenvalue weighted by Crippen LogP contribution is 2.42. The quantitative estimate of drug-likeness (QED) is 0.0228. The molecule has 0 spiro atoms. The van der Waals surface area contributed by atoms with Crippen molar-refractivity contribution in [2.24, 2.45) is 17.8 Å². The second kappa shape index (κ2) is 46.3. The summed E-state index contributed by atoms with van der Waals surface area (Å²) in [6, 6.07) is 36.0. The molecule has 2 saturated heterocycles. The number of hydrogen-bond donors (Lipinski definition) is 9. The predicted molar refractivity (Wildman–Crippen MR) is 373 cm³/mol. The van der Waals surface area contributed by atoms with Crippen LogP contribution in [0.2, 0.25) is 0 Å². The number of nitrogens with one attached hydrogen (secondary N) is 3. The smallest absolute Gasteiger partial charge is 0.408 e. The van der Waals surface area contributed by atoms with E-state index in [0.29, 0.717) is 38.9 Å². The lowest BCUT2D eigenvalue weighted by molar-refractivity contribution is -0.405. The van der Waals surface area contributed by atoms with Crippen LogP contribution in [-0.2, 0) is 83.6 Å². The lowest BCUT2D eigenvalue weighted by Crippen LogP contribution is -3.00. The van der Waals surface area contributed by atoms with Gasteiger partial charge in [-0.15, -0.1) is 0 Å². The first-order valence-electron chi connectivity index (χ1n) is 35.5. The third-order valence-electron chi connectivity index (χ3n) is 19.0. The number of amides is 3. The molecule has 564 valence electrons. The minimum absolute atomic E-state index is 0. The first-order valence-corrected chi connectivity index (χ1v) is 35.5. The maximum absolute atomic E-state index is 13.7. The van der Waals surface area contributed by atoms with E-state index in [2.05, 4.69) is 66.7 Å². The minimum atomic E-state index is -1.38. The van der Waals surface area contributed by atoms with E-state index in [4.69, 9.17) is 33.5 Å². The minimum Gasteiger partial charge on any atom is -1.00 e. The molecule has 4 aromatic rings. The number of unbranched alkanes of at least 4 members (excludes halogenated alkanes) is 8. The summed E-state index contributed by atoms with van der Waals surface area (Å²) in [5.41, 5.74) is 6.10. The van der Waals surface area contributed by atoms with Crippen LogP contribution in [0.3, 0.4) is 0 Å². The number of alkyl carbamates (subject to hydrolysis) is 1. The first-order chi connectivity index (χ1) is 47.3. The Morgan fingerprint density at radius 3 is 1.46 bits per heavy atom. The average molecular weight is 1450 g/mol. The van der Waals surface area contributed by atoms with Crippen molar-refractivity contribution in [1.29, 1.82) is 0 Å². The summed E-state index contributed by atoms with van der Waals surface area (Å²) in [5, 5.41) is 56.5. The van der Waals surface area contributed by atoms with Crippen molar-refractivity contribution in [3.05, 3.63) is 144 Å². The number of carboxylic acids is 1. The fourth-order valence-electron chi connectivity index (χ4n) is 12.5. The number of aliphatic hydroxyl groups excluding tert-OH is 4. The van der Waals surface area contributed by atoms with Crippen LogP contribution in [0.5, 0.6) is 0 Å². The van der Waals surface area contributed by atoms with E-state index in [1.165, 1.54) is 13.8 Å². The molecule has 0 aliphatic carbocycles. The molecule has 3 amide bonds. The zero-order valence-electron chi connectivity index (χ0n) is 60.2. The normalized spacial score (nSPS) is 23.4. The molecular weight excluding hydrogens is 1340 g/mol. The van der Waals surface area contributed by atoms with Gasteiger partial charge in [0.1, 0.15) is 49.8 Å². The van der Waals surface area contributed by atoms with Crippen LogP contribution < -0.4 is 46.5 Å². The molecular formula is C77H113Cl2N4O18-. The molecule has 11 N–H and O–H groups in total. The van der Waals surface area contributed by atoms with Gasteiger partial charge in [0.2, 0.25) is 5.91 Å². The van der Waals surface area contributed by atoms with E-state index in [-0.39, 0.29) is 92.6 Å². The number of aliphatic carboxylic acids is 1. The number of ketones is 2. The largest absolute Gasteiger partial charge is 1.00 e. The van der Waals surface area contributed by atoms with Crippen LogP contribution in [0, 0.1) is 17.8 Å². The number of halogens is 2. The Labute approximate surface area is 609 Å². The molecule has 4 aromatic carbocycles. The molecule has 0 bridgehead atoms. The van der Waals surface area contributed by atoms with E-state index in [1.54, 1.807) is 20.8 Å². The molecule has 0 radical (unpaired) electrons. The number of carboxylic acid groups (broad SMARTS) is 1. The Morgan fingerprint density at radius 2 is 0.960 bits per heavy atom. The van der Waals surface area contributed by atoms with Gasteiger partial charge in [0.15, 0.2) is 17.6 Å². The highest BCUT2D eigenvalue weighted by molar-refractivity contribution is 5.93. The van der Waals surface area contributed by atoms with Crippen molar-refractivity contribution < 1.29 is 118 Å². The fraction of sp³-hybridized carbons (Fsp3) is 0.597. The van der Waals surface area contributed by atoms with Crippen LogP contribution in [0.15, 0.2) is 121 Å². The third-order valence-corrected chi connectivity index (χ3v) is 19.0. The van der Waals surface area contributed by atoms with Gasteiger partial charge in [-0.05, 0) is 82.1 Å². The molecule has 0 aromatic heterocycles. The van der Waals surface area contributed by atoms with Gasteiger partial charge < -0.3 is 100 Å². The molecule has 2 aliphatic rings. The monoisotopic (exact) mass is 1450 g/mol. The third kappa shape index (κ3) is 30.1. The molecule has 0 saturated carbocycles. The van der Waals surface area contributed by atoms with E-state index in [1.807, 2.05) is 97.1 Å². The van der Waals surface area contributed by atoms with Crippen molar-refractivity contribution in [1.82, 2.24) is 16.0 Å². The number of ether oxygens (including phenoxy) is 6. The number of Topliss-reactive ketones (excluding diaryl/α,β-unsaturated/α-hetero) is 2. The first kappa shape index (κ1) is 88.8. The topological polar surface area (TPSA) is 340 Å². The summed E-state index contributed by atoms with van der Waals surface area (Å²) in [4.78, 5) is 87.7. The number of carbonyl (C=O) groups is 7. The fourth-order valence-corrected chi connectivity index (χ4v) is 12.5. The van der Waals surface area contributed by atoms with Gasteiger partial charge in [0.25, 0.3) is 5.91 Å². The molecule has 2 aliphatic heterocycles. The number of quaternary nitrogens is 1. The summed E-state index contributed by atoms with van der Waals surface area (Å²) in [6.45, 7) is 15.1. The molecule has 16 atom stereocenters. The highest BCUT2D eigenvalue weighted by Gasteiger charge is 2.52. The lowest BCUT2D eigenvalue weighted by atomic mass is 9.78. The summed E-state index contributed by atoms with van der Waals surface area (Å²) in [7, 11) is 0. The van der Waals surface area contributed by atoms with Crippen molar-refractivity contribution >= 4 is 41.4 Å². The van der Waals surface area contributed by atoms with Gasteiger partial charge in [-0.1, -0.05) is 207 Å². The Morgan fingerprint density at radius 1 is 0.535 bits per heavy atom. The molecule has 6 rings (SSSR count). The maximum atomic E-state index is 13.7. The van der Waals surface area contributed by atoms with Crippen molar-refractivity contribution in [2.45, 2.75) is 269 Å². The zero-order valence-corrected chi connectivity index (χ0v) is 61.7. The van der Waals surface area contributed by atoms with Crippen LogP contribution in [0.4, 0.5) is 4.79 Å². The van der Waals surface area contributed by atoms with E-state index in [0.717, 1.165) is 92.9 Å². The molecule has 0 unspecified atom stereocenters.